The molecule has 0 saturated carbocycles. The van der Waals surface area contributed by atoms with Gasteiger partial charge in [0, 0.05) is 7.05 Å². The van der Waals surface area contributed by atoms with Crippen molar-refractivity contribution in [2.75, 3.05) is 18.9 Å². The van der Waals surface area contributed by atoms with E-state index >= 15 is 0 Å². The predicted molar refractivity (Wildman–Crippen MR) is 55.9 cm³/mol. The van der Waals surface area contributed by atoms with E-state index in [9.17, 15) is 14.0 Å². The first kappa shape index (κ1) is 12.0. The zero-order valence-corrected chi connectivity index (χ0v) is 8.58. The number of hydrogen-bond acceptors (Lipinski definition) is 3. The monoisotopic (exact) mass is 226 g/mol. The van der Waals surface area contributed by atoms with E-state index in [2.05, 4.69) is 10.6 Å². The quantitative estimate of drug-likeness (QED) is 0.705. The number of carbonyl (C=O) groups is 2. The Morgan fingerprint density at radius 3 is 2.69 bits per heavy atom. The molecule has 6 heteroatoms. The molecule has 1 rings (SSSR count). The van der Waals surface area contributed by atoms with Gasteiger partial charge in [-0.2, -0.15) is 0 Å². The Morgan fingerprint density at radius 1 is 1.44 bits per heavy atom. The average Bonchev–Trinajstić information content (AvgIpc) is 2.26. The molecule has 0 aromatic heterocycles. The molecule has 1 aromatic rings. The van der Waals surface area contributed by atoms with Crippen LogP contribution in [0.5, 0.6) is 0 Å². The van der Waals surface area contributed by atoms with E-state index in [1.807, 2.05) is 0 Å². The minimum absolute atomic E-state index is 0.182. The molecule has 0 spiro atoms. The average molecular weight is 226 g/mol. The summed E-state index contributed by atoms with van der Waals surface area (Å²) in [4.78, 5) is 21.7. The van der Waals surface area contributed by atoms with Crippen molar-refractivity contribution in [1.29, 1.82) is 0 Å². The number of likely N-dealkylation sites (N-methyl/N-ethyl adjacent to an activating group) is 1. The number of carboxylic acids is 1. The first-order valence-corrected chi connectivity index (χ1v) is 4.52. The number of halogens is 1. The predicted octanol–water partition coefficient (Wildman–Crippen LogP) is 0.682. The Bertz CT molecular complexity index is 421. The Balaban J connectivity index is 2.93. The summed E-state index contributed by atoms with van der Waals surface area (Å²) in [7, 11) is 1.43. The second-order valence-electron chi connectivity index (χ2n) is 2.99. The number of amides is 1. The van der Waals surface area contributed by atoms with Gasteiger partial charge in [0.1, 0.15) is 5.82 Å². The van der Waals surface area contributed by atoms with Crippen molar-refractivity contribution >= 4 is 17.6 Å². The maximum absolute atomic E-state index is 13.3. The van der Waals surface area contributed by atoms with Crippen LogP contribution in [0.4, 0.5) is 10.1 Å². The third-order valence-electron chi connectivity index (χ3n) is 1.95. The van der Waals surface area contributed by atoms with Crippen molar-refractivity contribution in [3.8, 4) is 0 Å². The van der Waals surface area contributed by atoms with Crippen molar-refractivity contribution < 1.29 is 19.1 Å². The molecule has 0 saturated heterocycles. The molecule has 0 fully saturated rings. The number of benzene rings is 1. The van der Waals surface area contributed by atoms with Crippen molar-refractivity contribution in [1.82, 2.24) is 5.32 Å². The number of rotatable bonds is 4. The standard InChI is InChI=1S/C10H11FN2O3/c1-12-8(14)5-13-9-6(10(15)16)3-2-4-7(9)11/h2-4,13H,5H2,1H3,(H,12,14)(H,15,16). The van der Waals surface area contributed by atoms with Crippen LogP contribution in [0, 0.1) is 5.82 Å². The smallest absolute Gasteiger partial charge is 0.337 e. The summed E-state index contributed by atoms with van der Waals surface area (Å²) >= 11 is 0. The molecule has 5 nitrogen and oxygen atoms in total. The normalized spacial score (nSPS) is 9.62. The molecule has 16 heavy (non-hydrogen) atoms. The van der Waals surface area contributed by atoms with Gasteiger partial charge in [0.05, 0.1) is 17.8 Å². The second kappa shape index (κ2) is 5.11. The molecule has 0 atom stereocenters. The lowest BCUT2D eigenvalue weighted by atomic mass is 10.1. The van der Waals surface area contributed by atoms with Crippen LogP contribution in [-0.2, 0) is 4.79 Å². The van der Waals surface area contributed by atoms with E-state index in [0.717, 1.165) is 6.07 Å². The number of nitrogens with one attached hydrogen (secondary N) is 2. The lowest BCUT2D eigenvalue weighted by Gasteiger charge is -2.09. The highest BCUT2D eigenvalue weighted by molar-refractivity contribution is 5.95. The third-order valence-corrected chi connectivity index (χ3v) is 1.95. The van der Waals surface area contributed by atoms with Crippen molar-refractivity contribution in [3.63, 3.8) is 0 Å². The molecular weight excluding hydrogens is 215 g/mol. The molecule has 1 aromatic carbocycles. The molecule has 0 bridgehead atoms. The highest BCUT2D eigenvalue weighted by atomic mass is 19.1. The first-order chi connectivity index (χ1) is 7.56. The summed E-state index contributed by atoms with van der Waals surface area (Å²) < 4.78 is 13.3. The van der Waals surface area contributed by atoms with Gasteiger partial charge in [0.2, 0.25) is 5.91 Å². The largest absolute Gasteiger partial charge is 0.478 e. The fourth-order valence-electron chi connectivity index (χ4n) is 1.14. The summed E-state index contributed by atoms with van der Waals surface area (Å²) in [5.74, 6) is -2.32. The lowest BCUT2D eigenvalue weighted by molar-refractivity contribution is -0.118. The second-order valence-corrected chi connectivity index (χ2v) is 2.99. The summed E-state index contributed by atoms with van der Waals surface area (Å²) in [6, 6.07) is 3.68. The van der Waals surface area contributed by atoms with Crippen LogP contribution in [0.1, 0.15) is 10.4 Å². The Labute approximate surface area is 91.3 Å². The molecule has 3 N–H and O–H groups in total. The molecule has 0 heterocycles. The number of carbonyl (C=O) groups excluding carboxylic acids is 1. The molecule has 0 aliphatic carbocycles. The molecular formula is C10H11FN2O3. The first-order valence-electron chi connectivity index (χ1n) is 4.52. The number of anilines is 1. The van der Waals surface area contributed by atoms with Crippen molar-refractivity contribution in [2.24, 2.45) is 0 Å². The van der Waals surface area contributed by atoms with Gasteiger partial charge in [-0.25, -0.2) is 9.18 Å². The minimum Gasteiger partial charge on any atom is -0.478 e. The van der Waals surface area contributed by atoms with Crippen LogP contribution in [0.15, 0.2) is 18.2 Å². The van der Waals surface area contributed by atoms with E-state index in [1.54, 1.807) is 0 Å². The maximum atomic E-state index is 13.3. The van der Waals surface area contributed by atoms with E-state index in [0.29, 0.717) is 0 Å². The zero-order valence-electron chi connectivity index (χ0n) is 8.58. The summed E-state index contributed by atoms with van der Waals surface area (Å²) in [6.07, 6.45) is 0. The Hall–Kier alpha value is -2.11. The Morgan fingerprint density at radius 2 is 2.12 bits per heavy atom. The summed E-state index contributed by atoms with van der Waals surface area (Å²) in [6.45, 7) is -0.183. The van der Waals surface area contributed by atoms with Crippen molar-refractivity contribution in [2.45, 2.75) is 0 Å². The Kier molecular flexibility index (Phi) is 3.82. The van der Waals surface area contributed by atoms with Gasteiger partial charge >= 0.3 is 5.97 Å². The molecule has 0 aliphatic rings. The highest BCUT2D eigenvalue weighted by Gasteiger charge is 2.14. The highest BCUT2D eigenvalue weighted by Crippen LogP contribution is 2.19. The van der Waals surface area contributed by atoms with E-state index < -0.39 is 11.8 Å². The topological polar surface area (TPSA) is 78.4 Å². The molecule has 86 valence electrons. The SMILES string of the molecule is CNC(=O)CNc1c(F)cccc1C(=O)O. The van der Waals surface area contributed by atoms with Crippen LogP contribution in [0.3, 0.4) is 0 Å². The van der Waals surface area contributed by atoms with Gasteiger partial charge in [-0.1, -0.05) is 6.07 Å². The number of para-hydroxylation sites is 1. The van der Waals surface area contributed by atoms with Gasteiger partial charge in [-0.15, -0.1) is 0 Å². The minimum atomic E-state index is -1.25. The van der Waals surface area contributed by atoms with Gasteiger partial charge in [-0.3, -0.25) is 4.79 Å². The number of hydrogen-bond donors (Lipinski definition) is 3. The molecule has 1 amide bonds. The van der Waals surface area contributed by atoms with E-state index in [1.165, 1.54) is 19.2 Å². The van der Waals surface area contributed by atoms with E-state index in [-0.39, 0.29) is 23.7 Å². The van der Waals surface area contributed by atoms with Gasteiger partial charge in [0.25, 0.3) is 0 Å². The fraction of sp³-hybridized carbons (Fsp3) is 0.200. The molecule has 0 radical (unpaired) electrons. The summed E-state index contributed by atoms with van der Waals surface area (Å²) in [5, 5.41) is 13.6. The van der Waals surface area contributed by atoms with Crippen LogP contribution in [0.2, 0.25) is 0 Å². The van der Waals surface area contributed by atoms with Gasteiger partial charge in [0.15, 0.2) is 0 Å². The fourth-order valence-corrected chi connectivity index (χ4v) is 1.14. The van der Waals surface area contributed by atoms with Crippen LogP contribution < -0.4 is 10.6 Å². The summed E-state index contributed by atoms with van der Waals surface area (Å²) in [5.41, 5.74) is -0.387. The molecule has 0 unspecified atom stereocenters. The lowest BCUT2D eigenvalue weighted by Crippen LogP contribution is -2.27. The van der Waals surface area contributed by atoms with Crippen molar-refractivity contribution in [3.05, 3.63) is 29.6 Å². The van der Waals surface area contributed by atoms with E-state index in [4.69, 9.17) is 5.11 Å². The van der Waals surface area contributed by atoms with Crippen LogP contribution >= 0.6 is 0 Å². The molecule has 0 aliphatic heterocycles. The number of carboxylic acid groups (broad SMARTS) is 1. The zero-order chi connectivity index (χ0) is 12.1. The van der Waals surface area contributed by atoms with Gasteiger partial charge < -0.3 is 15.7 Å². The van der Waals surface area contributed by atoms with Gasteiger partial charge in [-0.05, 0) is 12.1 Å². The third kappa shape index (κ3) is 2.69. The maximum Gasteiger partial charge on any atom is 0.337 e. The van der Waals surface area contributed by atoms with Crippen LogP contribution in [-0.4, -0.2) is 30.6 Å². The number of aromatic carboxylic acids is 1. The van der Waals surface area contributed by atoms with Crippen LogP contribution in [0.25, 0.3) is 0 Å².